The van der Waals surface area contributed by atoms with Gasteiger partial charge >= 0.3 is 12.0 Å². The molecule has 3 unspecified atom stereocenters. The van der Waals surface area contributed by atoms with Gasteiger partial charge in [-0.15, -0.1) is 0 Å². The Morgan fingerprint density at radius 1 is 1.38 bits per heavy atom. The smallest absolute Gasteiger partial charge is 0.317 e. The van der Waals surface area contributed by atoms with E-state index < -0.39 is 17.9 Å². The van der Waals surface area contributed by atoms with Crippen molar-refractivity contribution in [3.05, 3.63) is 0 Å². The molecule has 6 nitrogen and oxygen atoms in total. The molecule has 0 aromatic rings. The third kappa shape index (κ3) is 4.59. The second-order valence-electron chi connectivity index (χ2n) is 6.79. The van der Waals surface area contributed by atoms with Crippen LogP contribution < -0.4 is 5.32 Å². The lowest BCUT2D eigenvalue weighted by Gasteiger charge is -2.32. The number of nitrogens with one attached hydrogen (secondary N) is 1. The highest BCUT2D eigenvalue weighted by Crippen LogP contribution is 2.25. The molecule has 1 heterocycles. The first-order chi connectivity index (χ1) is 9.68. The Morgan fingerprint density at radius 2 is 2.00 bits per heavy atom. The van der Waals surface area contributed by atoms with Crippen LogP contribution in [0, 0.1) is 17.3 Å². The molecule has 0 aromatic carbocycles. The van der Waals surface area contributed by atoms with Crippen LogP contribution >= 0.6 is 0 Å². The molecule has 3 atom stereocenters. The predicted molar refractivity (Wildman–Crippen MR) is 80.1 cm³/mol. The van der Waals surface area contributed by atoms with Gasteiger partial charge in [0.15, 0.2) is 0 Å². The average molecular weight is 300 g/mol. The normalized spacial score (nSPS) is 23.7. The zero-order chi connectivity index (χ0) is 16.2. The van der Waals surface area contributed by atoms with Gasteiger partial charge in [-0.05, 0) is 18.3 Å². The third-order valence-electron chi connectivity index (χ3n) is 4.41. The summed E-state index contributed by atoms with van der Waals surface area (Å²) in [4.78, 5) is 25.1. The van der Waals surface area contributed by atoms with Crippen LogP contribution in [0.4, 0.5) is 4.79 Å². The van der Waals surface area contributed by atoms with E-state index in [-0.39, 0.29) is 24.7 Å². The molecular weight excluding hydrogens is 272 g/mol. The third-order valence-corrected chi connectivity index (χ3v) is 4.41. The Labute approximate surface area is 126 Å². The van der Waals surface area contributed by atoms with E-state index >= 15 is 0 Å². The van der Waals surface area contributed by atoms with Gasteiger partial charge in [-0.1, -0.05) is 27.7 Å². The van der Waals surface area contributed by atoms with Gasteiger partial charge in [0, 0.05) is 13.1 Å². The monoisotopic (exact) mass is 300 g/mol. The van der Waals surface area contributed by atoms with Gasteiger partial charge in [0.2, 0.25) is 0 Å². The Kier molecular flexibility index (Phi) is 6.01. The highest BCUT2D eigenvalue weighted by Gasteiger charge is 2.39. The summed E-state index contributed by atoms with van der Waals surface area (Å²) in [7, 11) is 0. The summed E-state index contributed by atoms with van der Waals surface area (Å²) >= 11 is 0. The SMILES string of the molecule is CCN(C(=O)NCC(C)C(C)(C)C)C1COCC1C(=O)O. The lowest BCUT2D eigenvalue weighted by Crippen LogP contribution is -2.51. The maximum Gasteiger partial charge on any atom is 0.317 e. The van der Waals surface area contributed by atoms with E-state index in [1.54, 1.807) is 4.90 Å². The molecule has 1 aliphatic heterocycles. The molecule has 2 N–H and O–H groups in total. The quantitative estimate of drug-likeness (QED) is 0.811. The maximum absolute atomic E-state index is 12.3. The van der Waals surface area contributed by atoms with Crippen molar-refractivity contribution in [1.82, 2.24) is 10.2 Å². The number of rotatable bonds is 5. The number of carbonyl (C=O) groups is 2. The van der Waals surface area contributed by atoms with Gasteiger partial charge in [0.05, 0.1) is 19.3 Å². The van der Waals surface area contributed by atoms with Crippen LogP contribution in [0.25, 0.3) is 0 Å². The molecule has 6 heteroatoms. The first-order valence-electron chi connectivity index (χ1n) is 7.53. The van der Waals surface area contributed by atoms with Crippen molar-refractivity contribution in [3.8, 4) is 0 Å². The molecule has 0 spiro atoms. The fourth-order valence-electron chi connectivity index (χ4n) is 2.26. The number of urea groups is 1. The van der Waals surface area contributed by atoms with E-state index in [1.807, 2.05) is 6.92 Å². The van der Waals surface area contributed by atoms with Crippen LogP contribution in [0.15, 0.2) is 0 Å². The topological polar surface area (TPSA) is 78.9 Å². The van der Waals surface area contributed by atoms with Crippen LogP contribution in [-0.2, 0) is 9.53 Å². The Hall–Kier alpha value is -1.30. The van der Waals surface area contributed by atoms with Crippen molar-refractivity contribution in [2.45, 2.75) is 40.7 Å². The van der Waals surface area contributed by atoms with Crippen LogP contribution in [0.2, 0.25) is 0 Å². The minimum Gasteiger partial charge on any atom is -0.481 e. The van der Waals surface area contributed by atoms with Crippen LogP contribution in [-0.4, -0.2) is 54.4 Å². The number of carbonyl (C=O) groups excluding carboxylic acids is 1. The van der Waals surface area contributed by atoms with E-state index in [4.69, 9.17) is 4.74 Å². The molecule has 1 fully saturated rings. The molecule has 122 valence electrons. The zero-order valence-electron chi connectivity index (χ0n) is 13.7. The van der Waals surface area contributed by atoms with Crippen LogP contribution in [0.5, 0.6) is 0 Å². The number of hydrogen-bond acceptors (Lipinski definition) is 3. The number of aliphatic carboxylic acids is 1. The number of carboxylic acids is 1. The van der Waals surface area contributed by atoms with E-state index in [2.05, 4.69) is 33.0 Å². The van der Waals surface area contributed by atoms with E-state index in [9.17, 15) is 14.7 Å². The van der Waals surface area contributed by atoms with E-state index in [1.165, 1.54) is 0 Å². The highest BCUT2D eigenvalue weighted by atomic mass is 16.5. The first kappa shape index (κ1) is 17.8. The summed E-state index contributed by atoms with van der Waals surface area (Å²) in [5.41, 5.74) is 0.115. The molecule has 1 saturated heterocycles. The van der Waals surface area contributed by atoms with Crippen molar-refractivity contribution in [2.24, 2.45) is 17.3 Å². The lowest BCUT2D eigenvalue weighted by molar-refractivity contribution is -0.142. The summed E-state index contributed by atoms with van der Waals surface area (Å²) in [5.74, 6) is -1.22. The highest BCUT2D eigenvalue weighted by molar-refractivity contribution is 5.77. The van der Waals surface area contributed by atoms with Crippen molar-refractivity contribution < 1.29 is 19.4 Å². The van der Waals surface area contributed by atoms with Gasteiger partial charge in [-0.3, -0.25) is 4.79 Å². The number of carboxylic acid groups (broad SMARTS) is 1. The second-order valence-corrected chi connectivity index (χ2v) is 6.79. The molecule has 21 heavy (non-hydrogen) atoms. The number of nitrogens with zero attached hydrogens (tertiary/aromatic N) is 1. The van der Waals surface area contributed by atoms with Crippen molar-refractivity contribution in [2.75, 3.05) is 26.3 Å². The summed E-state index contributed by atoms with van der Waals surface area (Å²) < 4.78 is 5.24. The van der Waals surface area contributed by atoms with Gasteiger partial charge in [-0.25, -0.2) is 4.79 Å². The molecule has 0 aromatic heterocycles. The van der Waals surface area contributed by atoms with Crippen molar-refractivity contribution in [3.63, 3.8) is 0 Å². The number of ether oxygens (including phenoxy) is 1. The Morgan fingerprint density at radius 3 is 2.48 bits per heavy atom. The van der Waals surface area contributed by atoms with E-state index in [0.29, 0.717) is 19.0 Å². The van der Waals surface area contributed by atoms with Crippen molar-refractivity contribution >= 4 is 12.0 Å². The molecule has 0 bridgehead atoms. The summed E-state index contributed by atoms with van der Waals surface area (Å²) in [5, 5.41) is 12.1. The largest absolute Gasteiger partial charge is 0.481 e. The lowest BCUT2D eigenvalue weighted by atomic mass is 9.82. The second kappa shape index (κ2) is 7.11. The van der Waals surface area contributed by atoms with Crippen LogP contribution in [0.3, 0.4) is 0 Å². The minimum absolute atomic E-state index is 0.115. The molecule has 2 amide bonds. The van der Waals surface area contributed by atoms with Gasteiger partial charge in [0.25, 0.3) is 0 Å². The molecule has 1 aliphatic rings. The molecule has 0 radical (unpaired) electrons. The molecular formula is C15H28N2O4. The zero-order valence-corrected chi connectivity index (χ0v) is 13.7. The maximum atomic E-state index is 12.3. The standard InChI is InChI=1S/C15H28N2O4/c1-6-17(12-9-21-8-11(12)13(18)19)14(20)16-7-10(2)15(3,4)5/h10-12H,6-9H2,1-5H3,(H,16,20)(H,18,19). The molecule has 1 rings (SSSR count). The van der Waals surface area contributed by atoms with Crippen molar-refractivity contribution in [1.29, 1.82) is 0 Å². The van der Waals surface area contributed by atoms with Crippen LogP contribution in [0.1, 0.15) is 34.6 Å². The van der Waals surface area contributed by atoms with E-state index in [0.717, 1.165) is 0 Å². The van der Waals surface area contributed by atoms with Gasteiger partial charge in [0.1, 0.15) is 5.92 Å². The summed E-state index contributed by atoms with van der Waals surface area (Å²) in [6.07, 6.45) is 0. The fourth-order valence-corrected chi connectivity index (χ4v) is 2.26. The van der Waals surface area contributed by atoms with Gasteiger partial charge in [-0.2, -0.15) is 0 Å². The number of hydrogen-bond donors (Lipinski definition) is 2. The fraction of sp³-hybridized carbons (Fsp3) is 0.867. The Balaban J connectivity index is 2.63. The summed E-state index contributed by atoms with van der Waals surface area (Å²) in [6, 6.07) is -0.604. The predicted octanol–water partition coefficient (Wildman–Crippen LogP) is 1.80. The number of amides is 2. The summed E-state index contributed by atoms with van der Waals surface area (Å²) in [6.45, 7) is 11.8. The first-order valence-corrected chi connectivity index (χ1v) is 7.53. The van der Waals surface area contributed by atoms with Gasteiger partial charge < -0.3 is 20.1 Å². The Bertz CT molecular complexity index is 378. The number of likely N-dealkylation sites (N-methyl/N-ethyl adjacent to an activating group) is 1. The molecule has 0 aliphatic carbocycles. The minimum atomic E-state index is -0.910. The average Bonchev–Trinajstić information content (AvgIpc) is 2.84. The molecule has 0 saturated carbocycles.